The van der Waals surface area contributed by atoms with E-state index in [9.17, 15) is 27.1 Å². The molecule has 0 saturated carbocycles. The van der Waals surface area contributed by atoms with Gasteiger partial charge in [-0.3, -0.25) is 13.9 Å². The first-order valence-corrected chi connectivity index (χ1v) is 13.1. The summed E-state index contributed by atoms with van der Waals surface area (Å²) in [6, 6.07) is 16.8. The number of nitrogens with zero attached hydrogens (tertiary/aromatic N) is 2. The molecule has 4 aromatic rings. The minimum atomic E-state index is -4.77. The maximum Gasteiger partial charge on any atom is 0.435 e. The number of carbonyl (C=O) groups excluding carboxylic acids is 1. The second kappa shape index (κ2) is 9.10. The Bertz CT molecular complexity index is 1520. The number of nitrogen functional groups attached to an aromatic ring is 1. The van der Waals surface area contributed by atoms with Gasteiger partial charge in [-0.15, -0.1) is 0 Å². The summed E-state index contributed by atoms with van der Waals surface area (Å²) in [6.07, 6.45) is -4.20. The zero-order chi connectivity index (χ0) is 26.5. The lowest BCUT2D eigenvalue weighted by Crippen LogP contribution is -2.17. The maximum atomic E-state index is 13.4. The Morgan fingerprint density at radius 3 is 2.49 bits per heavy atom. The van der Waals surface area contributed by atoms with Crippen molar-refractivity contribution in [3.8, 4) is 16.8 Å². The number of halogens is 4. The van der Waals surface area contributed by atoms with E-state index < -0.39 is 28.4 Å². The largest absolute Gasteiger partial charge is 0.435 e. The first kappa shape index (κ1) is 25.2. The quantitative estimate of drug-likeness (QED) is 0.212. The summed E-state index contributed by atoms with van der Waals surface area (Å²) in [5, 5.41) is 6.37. The van der Waals surface area contributed by atoms with Crippen LogP contribution >= 0.6 is 22.2 Å². The van der Waals surface area contributed by atoms with Crippen LogP contribution in [0.2, 0.25) is 5.02 Å². The van der Waals surface area contributed by atoms with Gasteiger partial charge in [0.2, 0.25) is 0 Å². The van der Waals surface area contributed by atoms with Gasteiger partial charge in [-0.05, 0) is 47.9 Å². The maximum absolute atomic E-state index is 13.4. The molecule has 1 aliphatic rings. The number of hydrogen-bond donors (Lipinski definition) is 4. The molecule has 0 saturated heterocycles. The van der Waals surface area contributed by atoms with Gasteiger partial charge in [0.25, 0.3) is 5.91 Å². The number of anilines is 2. The van der Waals surface area contributed by atoms with E-state index in [1.165, 1.54) is 18.2 Å². The van der Waals surface area contributed by atoms with Crippen LogP contribution in [0, 0.1) is 0 Å². The molecule has 0 bridgehead atoms. The number of rotatable bonds is 4. The molecule has 0 unspecified atom stereocenters. The highest BCUT2D eigenvalue weighted by Crippen LogP contribution is 2.58. The highest BCUT2D eigenvalue weighted by molar-refractivity contribution is 8.24. The molecule has 0 spiro atoms. The Kier molecular flexibility index (Phi) is 6.19. The van der Waals surface area contributed by atoms with Gasteiger partial charge in [0.15, 0.2) is 5.69 Å². The van der Waals surface area contributed by atoms with Crippen LogP contribution in [0.3, 0.4) is 0 Å². The van der Waals surface area contributed by atoms with Crippen molar-refractivity contribution in [2.24, 2.45) is 0 Å². The number of fused-ring (bicyclic) bond motifs is 1. The van der Waals surface area contributed by atoms with E-state index in [0.29, 0.717) is 34.2 Å². The molecule has 12 heteroatoms. The monoisotopic (exact) mass is 548 g/mol. The standard InChI is InChI=1S/C25H20ClF3N4O3S/c26-19-9-8-17(12-20(19)30)33-21(13-22(32-33)25(27,28)29)24(34)31-16-6-4-14(5-7-16)18-3-1-2-15-10-11-37(35,36)23(15)18/h1-9,12-13,35-36H,10-11,30H2,(H,31,34). The van der Waals surface area contributed by atoms with Crippen molar-refractivity contribution in [3.63, 3.8) is 0 Å². The summed E-state index contributed by atoms with van der Waals surface area (Å²) in [6.45, 7) is 0. The van der Waals surface area contributed by atoms with Gasteiger partial charge in [-0.1, -0.05) is 41.9 Å². The first-order valence-electron chi connectivity index (χ1n) is 11.0. The number of benzene rings is 3. The molecule has 2 heterocycles. The van der Waals surface area contributed by atoms with E-state index in [-0.39, 0.29) is 27.8 Å². The topological polar surface area (TPSA) is 113 Å². The number of aromatic nitrogens is 2. The summed E-state index contributed by atoms with van der Waals surface area (Å²) in [5.41, 5.74) is 7.04. The molecule has 192 valence electrons. The van der Waals surface area contributed by atoms with E-state index in [0.717, 1.165) is 10.2 Å². The summed E-state index contributed by atoms with van der Waals surface area (Å²) in [4.78, 5) is 13.6. The first-order chi connectivity index (χ1) is 17.4. The molecule has 37 heavy (non-hydrogen) atoms. The molecule has 1 amide bonds. The minimum absolute atomic E-state index is 0.120. The Labute approximate surface area is 216 Å². The van der Waals surface area contributed by atoms with E-state index in [1.54, 1.807) is 30.3 Å². The second-order valence-corrected chi connectivity index (χ2v) is 11.0. The second-order valence-electron chi connectivity index (χ2n) is 8.48. The normalized spacial score (nSPS) is 15.3. The lowest BCUT2D eigenvalue weighted by atomic mass is 10.0. The molecule has 5 rings (SSSR count). The summed E-state index contributed by atoms with van der Waals surface area (Å²) in [7, 11) is -2.88. The molecule has 0 fully saturated rings. The summed E-state index contributed by atoms with van der Waals surface area (Å²) >= 11 is 5.92. The average molecular weight is 549 g/mol. The van der Waals surface area contributed by atoms with Gasteiger partial charge in [0.05, 0.1) is 21.3 Å². The number of nitrogens with one attached hydrogen (secondary N) is 1. The Morgan fingerprint density at radius 2 is 1.81 bits per heavy atom. The van der Waals surface area contributed by atoms with Gasteiger partial charge in [-0.2, -0.15) is 28.9 Å². The van der Waals surface area contributed by atoms with Crippen molar-refractivity contribution in [1.29, 1.82) is 0 Å². The lowest BCUT2D eigenvalue weighted by Gasteiger charge is -2.29. The fourth-order valence-electron chi connectivity index (χ4n) is 4.22. The van der Waals surface area contributed by atoms with E-state index >= 15 is 0 Å². The van der Waals surface area contributed by atoms with Crippen LogP contribution in [-0.4, -0.2) is 30.5 Å². The molecule has 0 radical (unpaired) electrons. The van der Waals surface area contributed by atoms with Gasteiger partial charge in [0, 0.05) is 23.1 Å². The van der Waals surface area contributed by atoms with Gasteiger partial charge in [0.1, 0.15) is 5.69 Å². The molecule has 1 aromatic heterocycles. The number of hydrogen-bond acceptors (Lipinski definition) is 5. The molecule has 0 aliphatic carbocycles. The molecular weight excluding hydrogens is 529 g/mol. The molecule has 1 aliphatic heterocycles. The third-order valence-corrected chi connectivity index (χ3v) is 8.24. The van der Waals surface area contributed by atoms with Crippen LogP contribution in [0.15, 0.2) is 71.6 Å². The SMILES string of the molecule is Nc1cc(-n2nc(C(F)(F)F)cc2C(=O)Nc2ccc(-c3cccc4c3S(O)(O)CC4)cc2)ccc1Cl. The van der Waals surface area contributed by atoms with Crippen molar-refractivity contribution in [2.75, 3.05) is 16.8 Å². The third kappa shape index (κ3) is 4.78. The van der Waals surface area contributed by atoms with Crippen LogP contribution < -0.4 is 11.1 Å². The Hall–Kier alpha value is -3.51. The highest BCUT2D eigenvalue weighted by atomic mass is 35.5. The average Bonchev–Trinajstić information content (AvgIpc) is 3.43. The fourth-order valence-corrected chi connectivity index (χ4v) is 6.17. The van der Waals surface area contributed by atoms with Gasteiger partial charge in [-0.25, -0.2) is 4.68 Å². The third-order valence-electron chi connectivity index (χ3n) is 5.99. The number of amides is 1. The van der Waals surface area contributed by atoms with Crippen molar-refractivity contribution in [2.45, 2.75) is 17.5 Å². The van der Waals surface area contributed by atoms with Gasteiger partial charge >= 0.3 is 6.18 Å². The lowest BCUT2D eigenvalue weighted by molar-refractivity contribution is -0.141. The van der Waals surface area contributed by atoms with Crippen molar-refractivity contribution >= 4 is 39.5 Å². The molecular formula is C25H20ClF3N4O3S. The van der Waals surface area contributed by atoms with Crippen LogP contribution in [0.4, 0.5) is 24.5 Å². The number of aryl methyl sites for hydroxylation is 1. The van der Waals surface area contributed by atoms with Crippen LogP contribution in [0.5, 0.6) is 0 Å². The smallest absolute Gasteiger partial charge is 0.397 e. The van der Waals surface area contributed by atoms with Crippen molar-refractivity contribution < 1.29 is 27.1 Å². The van der Waals surface area contributed by atoms with Gasteiger partial charge < -0.3 is 11.1 Å². The van der Waals surface area contributed by atoms with Crippen LogP contribution in [0.1, 0.15) is 21.7 Å². The summed E-state index contributed by atoms with van der Waals surface area (Å²) < 4.78 is 62.0. The fraction of sp³-hybridized carbons (Fsp3) is 0.120. The van der Waals surface area contributed by atoms with Crippen LogP contribution in [0.25, 0.3) is 16.8 Å². The van der Waals surface area contributed by atoms with Crippen molar-refractivity contribution in [3.05, 3.63) is 88.7 Å². The van der Waals surface area contributed by atoms with E-state index in [1.807, 2.05) is 12.1 Å². The van der Waals surface area contributed by atoms with Crippen molar-refractivity contribution in [1.82, 2.24) is 9.78 Å². The predicted molar refractivity (Wildman–Crippen MR) is 138 cm³/mol. The summed E-state index contributed by atoms with van der Waals surface area (Å²) in [5.74, 6) is -0.542. The van der Waals surface area contributed by atoms with E-state index in [4.69, 9.17) is 17.3 Å². The molecule has 5 N–H and O–H groups in total. The van der Waals surface area contributed by atoms with E-state index in [2.05, 4.69) is 10.4 Å². The number of nitrogens with two attached hydrogens (primary N) is 1. The Morgan fingerprint density at radius 1 is 1.08 bits per heavy atom. The zero-order valence-electron chi connectivity index (χ0n) is 19.0. The Balaban J connectivity index is 1.45. The minimum Gasteiger partial charge on any atom is -0.397 e. The molecule has 3 aromatic carbocycles. The number of carbonyl (C=O) groups is 1. The predicted octanol–water partition coefficient (Wildman–Crippen LogP) is 6.71. The molecule has 7 nitrogen and oxygen atoms in total. The highest BCUT2D eigenvalue weighted by Gasteiger charge is 2.36. The number of alkyl halides is 3. The molecule has 0 atom stereocenters. The van der Waals surface area contributed by atoms with Crippen LogP contribution in [-0.2, 0) is 12.6 Å². The zero-order valence-corrected chi connectivity index (χ0v) is 20.5.